The van der Waals surface area contributed by atoms with Gasteiger partial charge >= 0.3 is 5.97 Å². The Labute approximate surface area is 227 Å². The van der Waals surface area contributed by atoms with Gasteiger partial charge in [-0.15, -0.1) is 0 Å². The second-order valence-electron chi connectivity index (χ2n) is 12.7. The zero-order chi connectivity index (χ0) is 28.4. The van der Waals surface area contributed by atoms with E-state index in [0.29, 0.717) is 38.5 Å². The molecule has 218 valence electrons. The number of esters is 1. The topological polar surface area (TPSA) is 134 Å². The van der Waals surface area contributed by atoms with E-state index in [2.05, 4.69) is 0 Å². The molecule has 9 nitrogen and oxygen atoms in total. The summed E-state index contributed by atoms with van der Waals surface area (Å²) in [5.74, 6) is -4.80. The monoisotopic (exact) mass is 539 g/mol. The van der Waals surface area contributed by atoms with Crippen molar-refractivity contribution in [2.75, 3.05) is 6.54 Å². The molecular formula is C29H49NO8. The van der Waals surface area contributed by atoms with Gasteiger partial charge < -0.3 is 29.7 Å². The Kier molecular flexibility index (Phi) is 10.4. The third kappa shape index (κ3) is 6.77. The Balaban J connectivity index is 1.66. The van der Waals surface area contributed by atoms with Crippen LogP contribution in [0.1, 0.15) is 92.9 Å². The molecule has 3 N–H and O–H groups in total. The molecule has 3 aliphatic rings. The molecule has 2 aliphatic heterocycles. The third-order valence-electron chi connectivity index (χ3n) is 9.00. The van der Waals surface area contributed by atoms with Gasteiger partial charge in [0.2, 0.25) is 5.79 Å². The normalized spacial score (nSPS) is 35.8. The highest BCUT2D eigenvalue weighted by molar-refractivity contribution is 6.39. The number of ether oxygens (including phenoxy) is 2. The van der Waals surface area contributed by atoms with E-state index >= 15 is 0 Å². The fourth-order valence-corrected chi connectivity index (χ4v) is 6.51. The molecule has 1 unspecified atom stereocenters. The number of hydrogen-bond donors (Lipinski definition) is 3. The Morgan fingerprint density at radius 1 is 1.00 bits per heavy atom. The Bertz CT molecular complexity index is 846. The number of ketones is 1. The van der Waals surface area contributed by atoms with Crippen LogP contribution in [0.2, 0.25) is 0 Å². The molecule has 2 heterocycles. The third-order valence-corrected chi connectivity index (χ3v) is 9.00. The molecule has 0 radical (unpaired) electrons. The standard InChI is InChI=1S/C29H49NO8/c1-16(2)24-12-9-19(6)29(36,38-24)26(33)27(34)30-13-7-8-21(30)28(35)37-25(17(3)4)18(5)14-20-10-11-22(31)23(32)15-20/h16-25,31-32,36H,7-15H2,1-6H3/t18-,19-,20+,21+,22-,23-,24?,25+,29-/m1/s1. The summed E-state index contributed by atoms with van der Waals surface area (Å²) in [6.07, 6.45) is 2.77. The molecule has 9 atom stereocenters. The molecule has 1 saturated carbocycles. The number of carbonyl (C=O) groups is 3. The highest BCUT2D eigenvalue weighted by atomic mass is 16.6. The molecule has 0 bridgehead atoms. The smallest absolute Gasteiger partial charge is 0.329 e. The van der Waals surface area contributed by atoms with Gasteiger partial charge in [-0.3, -0.25) is 9.59 Å². The number of rotatable bonds is 9. The number of carbonyl (C=O) groups excluding carboxylic acids is 3. The Hall–Kier alpha value is -1.55. The van der Waals surface area contributed by atoms with Crippen molar-refractivity contribution in [2.24, 2.45) is 29.6 Å². The van der Waals surface area contributed by atoms with Gasteiger partial charge in [0.05, 0.1) is 18.3 Å². The number of Topliss-reactive ketones (excluding diaryl/α,β-unsaturated/α-hetero) is 1. The minimum atomic E-state index is -2.20. The van der Waals surface area contributed by atoms with Crippen LogP contribution in [0.15, 0.2) is 0 Å². The Morgan fingerprint density at radius 2 is 1.68 bits per heavy atom. The average molecular weight is 540 g/mol. The van der Waals surface area contributed by atoms with E-state index in [4.69, 9.17) is 9.47 Å². The summed E-state index contributed by atoms with van der Waals surface area (Å²) in [4.78, 5) is 41.3. The fourth-order valence-electron chi connectivity index (χ4n) is 6.51. The van der Waals surface area contributed by atoms with Gasteiger partial charge in [-0.25, -0.2) is 4.79 Å². The summed E-state index contributed by atoms with van der Waals surface area (Å²) in [6.45, 7) is 11.8. The summed E-state index contributed by atoms with van der Waals surface area (Å²) in [5, 5.41) is 31.1. The number of likely N-dealkylation sites (tertiary alicyclic amines) is 1. The van der Waals surface area contributed by atoms with Crippen LogP contribution in [-0.4, -0.2) is 80.7 Å². The number of nitrogens with zero attached hydrogens (tertiary/aromatic N) is 1. The van der Waals surface area contributed by atoms with Crippen LogP contribution in [0.4, 0.5) is 0 Å². The molecule has 3 fully saturated rings. The van der Waals surface area contributed by atoms with Crippen LogP contribution >= 0.6 is 0 Å². The molecule has 0 aromatic rings. The molecular weight excluding hydrogens is 490 g/mol. The first-order valence-electron chi connectivity index (χ1n) is 14.6. The molecule has 3 rings (SSSR count). The molecule has 9 heteroatoms. The molecule has 1 amide bonds. The van der Waals surface area contributed by atoms with Crippen LogP contribution in [-0.2, 0) is 23.9 Å². The van der Waals surface area contributed by atoms with Crippen molar-refractivity contribution in [3.05, 3.63) is 0 Å². The second kappa shape index (κ2) is 12.7. The summed E-state index contributed by atoms with van der Waals surface area (Å²) >= 11 is 0. The van der Waals surface area contributed by atoms with Crippen molar-refractivity contribution in [3.63, 3.8) is 0 Å². The highest BCUT2D eigenvalue weighted by Gasteiger charge is 2.53. The van der Waals surface area contributed by atoms with Crippen molar-refractivity contribution in [1.82, 2.24) is 4.90 Å². The first kappa shape index (κ1) is 31.0. The average Bonchev–Trinajstić information content (AvgIpc) is 3.35. The van der Waals surface area contributed by atoms with E-state index in [9.17, 15) is 29.7 Å². The minimum Gasteiger partial charge on any atom is -0.460 e. The van der Waals surface area contributed by atoms with Crippen LogP contribution < -0.4 is 0 Å². The number of hydrogen-bond acceptors (Lipinski definition) is 8. The number of amides is 1. The summed E-state index contributed by atoms with van der Waals surface area (Å²) in [5.41, 5.74) is 0. The van der Waals surface area contributed by atoms with Gasteiger partial charge in [-0.2, -0.15) is 0 Å². The van der Waals surface area contributed by atoms with E-state index < -0.39 is 53.7 Å². The lowest BCUT2D eigenvalue weighted by atomic mass is 9.78. The van der Waals surface area contributed by atoms with Crippen LogP contribution in [0.5, 0.6) is 0 Å². The SMILES string of the molecule is CC(C)C1CC[C@@H](C)[C@](O)(C(=O)C(=O)N2CCC[C@H]2C(=O)O[C@@H](C(C)C)[C@H](C)C[C@@H]2CC[C@@H](O)[C@H](O)C2)O1. The van der Waals surface area contributed by atoms with Crippen molar-refractivity contribution in [3.8, 4) is 0 Å². The number of aliphatic hydroxyl groups is 3. The first-order chi connectivity index (χ1) is 17.8. The summed E-state index contributed by atoms with van der Waals surface area (Å²) in [7, 11) is 0. The quantitative estimate of drug-likeness (QED) is 0.301. The number of aliphatic hydroxyl groups excluding tert-OH is 2. The largest absolute Gasteiger partial charge is 0.460 e. The molecule has 0 aromatic heterocycles. The fraction of sp³-hybridized carbons (Fsp3) is 0.897. The summed E-state index contributed by atoms with van der Waals surface area (Å²) in [6, 6.07) is -0.880. The molecule has 0 spiro atoms. The van der Waals surface area contributed by atoms with Gasteiger partial charge in [0.1, 0.15) is 12.1 Å². The lowest BCUT2D eigenvalue weighted by Crippen LogP contribution is -2.59. The van der Waals surface area contributed by atoms with Gasteiger partial charge in [-0.1, -0.05) is 41.5 Å². The lowest BCUT2D eigenvalue weighted by molar-refractivity contribution is -0.269. The van der Waals surface area contributed by atoms with Crippen molar-refractivity contribution >= 4 is 17.7 Å². The molecule has 1 aliphatic carbocycles. The van der Waals surface area contributed by atoms with Gasteiger partial charge in [0.25, 0.3) is 11.7 Å². The summed E-state index contributed by atoms with van der Waals surface area (Å²) < 4.78 is 11.8. The zero-order valence-corrected chi connectivity index (χ0v) is 24.0. The van der Waals surface area contributed by atoms with Gasteiger partial charge in [0, 0.05) is 12.5 Å². The van der Waals surface area contributed by atoms with Gasteiger partial charge in [0.15, 0.2) is 0 Å². The predicted octanol–water partition coefficient (Wildman–Crippen LogP) is 2.82. The van der Waals surface area contributed by atoms with Crippen molar-refractivity contribution in [1.29, 1.82) is 0 Å². The van der Waals surface area contributed by atoms with Gasteiger partial charge in [-0.05, 0) is 75.0 Å². The maximum Gasteiger partial charge on any atom is 0.329 e. The molecule has 0 aromatic carbocycles. The molecule has 38 heavy (non-hydrogen) atoms. The van der Waals surface area contributed by atoms with E-state index in [1.54, 1.807) is 6.92 Å². The maximum atomic E-state index is 13.4. The van der Waals surface area contributed by atoms with E-state index in [-0.39, 0.29) is 36.3 Å². The van der Waals surface area contributed by atoms with Crippen molar-refractivity contribution in [2.45, 2.75) is 129 Å². The first-order valence-corrected chi connectivity index (χ1v) is 14.6. The van der Waals surface area contributed by atoms with E-state index in [1.807, 2.05) is 34.6 Å². The lowest BCUT2D eigenvalue weighted by Gasteiger charge is -2.42. The van der Waals surface area contributed by atoms with E-state index in [1.165, 1.54) is 4.90 Å². The van der Waals surface area contributed by atoms with Crippen molar-refractivity contribution < 1.29 is 39.2 Å². The van der Waals surface area contributed by atoms with E-state index in [0.717, 1.165) is 12.8 Å². The van der Waals surface area contributed by atoms with Crippen LogP contribution in [0.25, 0.3) is 0 Å². The predicted molar refractivity (Wildman–Crippen MR) is 141 cm³/mol. The van der Waals surface area contributed by atoms with Crippen LogP contribution in [0, 0.1) is 29.6 Å². The zero-order valence-electron chi connectivity index (χ0n) is 24.0. The minimum absolute atomic E-state index is 0.0174. The highest BCUT2D eigenvalue weighted by Crippen LogP contribution is 2.37. The Morgan fingerprint density at radius 3 is 2.29 bits per heavy atom. The second-order valence-corrected chi connectivity index (χ2v) is 12.7. The van der Waals surface area contributed by atoms with Crippen LogP contribution in [0.3, 0.4) is 0 Å². The maximum absolute atomic E-state index is 13.4. The molecule has 2 saturated heterocycles.